The molecule has 0 aliphatic carbocycles. The van der Waals surface area contributed by atoms with Crippen molar-refractivity contribution in [2.75, 3.05) is 7.05 Å². The van der Waals surface area contributed by atoms with E-state index in [4.69, 9.17) is 5.73 Å². The highest BCUT2D eigenvalue weighted by molar-refractivity contribution is 7.91. The smallest absolute Gasteiger partial charge is 0.252 e. The van der Waals surface area contributed by atoms with Crippen LogP contribution in [0.4, 0.5) is 0 Å². The van der Waals surface area contributed by atoms with Crippen LogP contribution in [0.5, 0.6) is 0 Å². The number of thiophene rings is 2. The van der Waals surface area contributed by atoms with E-state index >= 15 is 0 Å². The number of aryl methyl sites for hydroxylation is 1. The summed E-state index contributed by atoms with van der Waals surface area (Å²) in [5.74, 6) is 0. The topological polar surface area (TPSA) is 63.4 Å². The number of sulfonamides is 1. The molecule has 0 aliphatic rings. The molecule has 0 saturated heterocycles. The Balaban J connectivity index is 2.25. The maximum absolute atomic E-state index is 12.4. The summed E-state index contributed by atoms with van der Waals surface area (Å²) in [5.41, 5.74) is 7.54. The van der Waals surface area contributed by atoms with Crippen LogP contribution in [-0.2, 0) is 23.1 Å². The van der Waals surface area contributed by atoms with E-state index in [0.717, 1.165) is 16.0 Å². The van der Waals surface area contributed by atoms with Crippen molar-refractivity contribution in [1.82, 2.24) is 4.31 Å². The van der Waals surface area contributed by atoms with E-state index in [0.29, 0.717) is 17.3 Å². The van der Waals surface area contributed by atoms with Crippen molar-refractivity contribution in [2.45, 2.75) is 24.2 Å². The van der Waals surface area contributed by atoms with Crippen molar-refractivity contribution in [3.8, 4) is 0 Å². The predicted octanol–water partition coefficient (Wildman–Crippen LogP) is 2.40. The summed E-state index contributed by atoms with van der Waals surface area (Å²) in [6, 6.07) is 3.63. The summed E-state index contributed by atoms with van der Waals surface area (Å²) in [5, 5.41) is 3.90. The first kappa shape index (κ1) is 14.7. The third-order valence-corrected chi connectivity index (χ3v) is 7.08. The average molecular weight is 316 g/mol. The van der Waals surface area contributed by atoms with E-state index < -0.39 is 10.0 Å². The van der Waals surface area contributed by atoms with Crippen molar-refractivity contribution in [3.05, 3.63) is 38.9 Å². The SMILES string of the molecule is Cc1cc(S(=O)(=O)N(C)Cc2ccsc2)sc1CN. The standard InChI is InChI=1S/C12H16N2O2S3/c1-9-5-12(18-11(9)6-13)19(15,16)14(2)7-10-3-4-17-8-10/h3-5,8H,6-7,13H2,1-2H3. The molecule has 0 aliphatic heterocycles. The largest absolute Gasteiger partial charge is 0.326 e. The van der Waals surface area contributed by atoms with Gasteiger partial charge in [0.2, 0.25) is 0 Å². The molecule has 2 rings (SSSR count). The van der Waals surface area contributed by atoms with Gasteiger partial charge in [0.05, 0.1) is 0 Å². The lowest BCUT2D eigenvalue weighted by molar-refractivity contribution is 0.469. The fourth-order valence-electron chi connectivity index (χ4n) is 1.70. The molecule has 7 heteroatoms. The molecule has 0 aromatic carbocycles. The summed E-state index contributed by atoms with van der Waals surface area (Å²) in [7, 11) is -1.82. The molecular weight excluding hydrogens is 300 g/mol. The maximum atomic E-state index is 12.4. The van der Waals surface area contributed by atoms with Gasteiger partial charge >= 0.3 is 0 Å². The molecular formula is C12H16N2O2S3. The second-order valence-corrected chi connectivity index (χ2v) is 8.46. The van der Waals surface area contributed by atoms with Crippen LogP contribution in [0.1, 0.15) is 16.0 Å². The van der Waals surface area contributed by atoms with E-state index in [-0.39, 0.29) is 0 Å². The molecule has 104 valence electrons. The fraction of sp³-hybridized carbons (Fsp3) is 0.333. The third-order valence-electron chi connectivity index (χ3n) is 2.83. The second kappa shape index (κ2) is 5.72. The number of nitrogens with two attached hydrogens (primary N) is 1. The molecule has 2 heterocycles. The Hall–Kier alpha value is -0.730. The lowest BCUT2D eigenvalue weighted by Crippen LogP contribution is -2.25. The molecule has 0 atom stereocenters. The molecule has 2 aromatic rings. The van der Waals surface area contributed by atoms with Gasteiger partial charge in [-0.25, -0.2) is 8.42 Å². The highest BCUT2D eigenvalue weighted by Gasteiger charge is 2.24. The Kier molecular flexibility index (Phi) is 4.42. The first-order valence-corrected chi connectivity index (χ1v) is 8.92. The molecule has 0 bridgehead atoms. The Morgan fingerprint density at radius 3 is 2.68 bits per heavy atom. The van der Waals surface area contributed by atoms with Crippen LogP contribution >= 0.6 is 22.7 Å². The maximum Gasteiger partial charge on any atom is 0.252 e. The quantitative estimate of drug-likeness (QED) is 0.921. The van der Waals surface area contributed by atoms with Gasteiger partial charge in [0.25, 0.3) is 10.0 Å². The highest BCUT2D eigenvalue weighted by Crippen LogP contribution is 2.28. The van der Waals surface area contributed by atoms with Crippen LogP contribution in [0.2, 0.25) is 0 Å². The number of rotatable bonds is 5. The minimum atomic E-state index is -3.43. The molecule has 0 unspecified atom stereocenters. The van der Waals surface area contributed by atoms with Crippen LogP contribution in [-0.4, -0.2) is 19.8 Å². The molecule has 0 spiro atoms. The van der Waals surface area contributed by atoms with Crippen molar-refractivity contribution in [3.63, 3.8) is 0 Å². The molecule has 0 radical (unpaired) electrons. The van der Waals surface area contributed by atoms with Crippen molar-refractivity contribution in [1.29, 1.82) is 0 Å². The molecule has 2 N–H and O–H groups in total. The molecule has 0 saturated carbocycles. The molecule has 0 fully saturated rings. The van der Waals surface area contributed by atoms with Crippen LogP contribution in [0, 0.1) is 6.92 Å². The molecule has 19 heavy (non-hydrogen) atoms. The summed E-state index contributed by atoms with van der Waals surface area (Å²) < 4.78 is 26.6. The van der Waals surface area contributed by atoms with Gasteiger partial charge in [-0.1, -0.05) is 0 Å². The lowest BCUT2D eigenvalue weighted by atomic mass is 10.3. The van der Waals surface area contributed by atoms with Crippen LogP contribution < -0.4 is 5.73 Å². The second-order valence-electron chi connectivity index (χ2n) is 4.27. The summed E-state index contributed by atoms with van der Waals surface area (Å²) in [4.78, 5) is 0.919. The minimum absolute atomic E-state index is 0.364. The van der Waals surface area contributed by atoms with Gasteiger partial charge in [0, 0.05) is 25.0 Å². The van der Waals surface area contributed by atoms with Gasteiger partial charge in [-0.15, -0.1) is 11.3 Å². The Labute approximate surface area is 121 Å². The van der Waals surface area contributed by atoms with Crippen LogP contribution in [0.15, 0.2) is 27.1 Å². The van der Waals surface area contributed by atoms with Crippen molar-refractivity contribution in [2.24, 2.45) is 5.73 Å². The zero-order valence-corrected chi connectivity index (χ0v) is 13.2. The van der Waals surface area contributed by atoms with Crippen LogP contribution in [0.3, 0.4) is 0 Å². The highest BCUT2D eigenvalue weighted by atomic mass is 32.2. The monoisotopic (exact) mass is 316 g/mol. The number of hydrogen-bond donors (Lipinski definition) is 1. The Bertz CT molecular complexity index is 645. The number of nitrogens with zero attached hydrogens (tertiary/aromatic N) is 1. The average Bonchev–Trinajstić information content (AvgIpc) is 2.98. The Morgan fingerprint density at radius 1 is 1.42 bits per heavy atom. The van der Waals surface area contributed by atoms with E-state index in [9.17, 15) is 8.42 Å². The lowest BCUT2D eigenvalue weighted by Gasteiger charge is -2.15. The van der Waals surface area contributed by atoms with Gasteiger partial charge in [-0.2, -0.15) is 15.6 Å². The predicted molar refractivity (Wildman–Crippen MR) is 79.9 cm³/mol. The van der Waals surface area contributed by atoms with Gasteiger partial charge in [0.15, 0.2) is 0 Å². The zero-order valence-electron chi connectivity index (χ0n) is 10.8. The minimum Gasteiger partial charge on any atom is -0.326 e. The van der Waals surface area contributed by atoms with E-state index in [2.05, 4.69) is 0 Å². The van der Waals surface area contributed by atoms with Gasteiger partial charge in [0.1, 0.15) is 4.21 Å². The first-order chi connectivity index (χ1) is 8.95. The molecule has 2 aromatic heterocycles. The van der Waals surface area contributed by atoms with Gasteiger partial charge in [-0.3, -0.25) is 0 Å². The Morgan fingerprint density at radius 2 is 2.16 bits per heavy atom. The van der Waals surface area contributed by atoms with Crippen molar-refractivity contribution >= 4 is 32.7 Å². The van der Waals surface area contributed by atoms with Gasteiger partial charge in [-0.05, 0) is 40.9 Å². The summed E-state index contributed by atoms with van der Waals surface area (Å²) >= 11 is 2.82. The van der Waals surface area contributed by atoms with Crippen LogP contribution in [0.25, 0.3) is 0 Å². The van der Waals surface area contributed by atoms with E-state index in [1.165, 1.54) is 15.6 Å². The van der Waals surface area contributed by atoms with E-state index in [1.54, 1.807) is 24.5 Å². The summed E-state index contributed by atoms with van der Waals surface area (Å²) in [6.45, 7) is 2.65. The fourth-order valence-corrected chi connectivity index (χ4v) is 5.20. The van der Waals surface area contributed by atoms with E-state index in [1.807, 2.05) is 23.8 Å². The first-order valence-electron chi connectivity index (χ1n) is 5.72. The normalized spacial score (nSPS) is 12.2. The zero-order chi connectivity index (χ0) is 14.0. The summed E-state index contributed by atoms with van der Waals surface area (Å²) in [6.07, 6.45) is 0. The number of hydrogen-bond acceptors (Lipinski definition) is 5. The third kappa shape index (κ3) is 3.06. The van der Waals surface area contributed by atoms with Crippen molar-refractivity contribution < 1.29 is 8.42 Å². The molecule has 4 nitrogen and oxygen atoms in total. The molecule has 0 amide bonds. The van der Waals surface area contributed by atoms with Gasteiger partial charge < -0.3 is 5.73 Å².